The van der Waals surface area contributed by atoms with Gasteiger partial charge in [-0.3, -0.25) is 4.79 Å². The summed E-state index contributed by atoms with van der Waals surface area (Å²) in [5.41, 5.74) is 0.951. The fourth-order valence-electron chi connectivity index (χ4n) is 3.36. The van der Waals surface area contributed by atoms with Gasteiger partial charge in [0.1, 0.15) is 30.4 Å². The molecule has 0 N–H and O–H groups in total. The Kier molecular flexibility index (Phi) is 7.09. The Balaban J connectivity index is 1.32. The molecule has 0 spiro atoms. The average Bonchev–Trinajstić information content (AvgIpc) is 3.54. The molecule has 1 unspecified atom stereocenters. The Hall–Kier alpha value is -4.21. The van der Waals surface area contributed by atoms with Crippen LogP contribution in [0.25, 0.3) is 12.2 Å². The number of aromatic nitrogens is 4. The number of alkyl halides is 3. The van der Waals surface area contributed by atoms with Crippen LogP contribution in [0.15, 0.2) is 71.6 Å². The lowest BCUT2D eigenvalue weighted by Crippen LogP contribution is -2.19. The first-order valence-corrected chi connectivity index (χ1v) is 10.8. The molecule has 0 fully saturated rings. The predicted octanol–water partition coefficient (Wildman–Crippen LogP) is 5.87. The molecule has 0 aliphatic carbocycles. The van der Waals surface area contributed by atoms with E-state index in [0.717, 1.165) is 12.1 Å². The van der Waals surface area contributed by atoms with E-state index in [1.54, 1.807) is 47.3 Å². The third-order valence-corrected chi connectivity index (χ3v) is 5.20. The first-order chi connectivity index (χ1) is 16.8. The highest BCUT2D eigenvalue weighted by atomic mass is 19.4. The molecule has 0 bridgehead atoms. The summed E-state index contributed by atoms with van der Waals surface area (Å²) >= 11 is 0. The van der Waals surface area contributed by atoms with Gasteiger partial charge in [0.25, 0.3) is 0 Å². The average molecular weight is 482 g/mol. The van der Waals surface area contributed by atoms with Crippen LogP contribution < -0.4 is 4.74 Å². The number of ketones is 1. The van der Waals surface area contributed by atoms with E-state index >= 15 is 0 Å². The SMILES string of the molecule is CCC(C(=O)c1ccc(OCc2coc(C=Cc3ccc(C(F)(F)F)cc3)n2)cc1)n1ccnn1. The van der Waals surface area contributed by atoms with Gasteiger partial charge < -0.3 is 9.15 Å². The summed E-state index contributed by atoms with van der Waals surface area (Å²) in [6.45, 7) is 2.05. The second-order valence-electron chi connectivity index (χ2n) is 7.61. The zero-order chi connectivity index (χ0) is 24.8. The van der Waals surface area contributed by atoms with Crippen LogP contribution in [0.5, 0.6) is 5.75 Å². The normalized spacial score (nSPS) is 12.7. The van der Waals surface area contributed by atoms with Gasteiger partial charge in [0.15, 0.2) is 5.78 Å². The van der Waals surface area contributed by atoms with Crippen LogP contribution in [-0.4, -0.2) is 25.8 Å². The van der Waals surface area contributed by atoms with Crippen molar-refractivity contribution in [1.82, 2.24) is 20.0 Å². The standard InChI is InChI=1S/C25H21F3N4O3/c1-2-22(32-14-13-29-31-32)24(33)18-6-10-21(11-7-18)34-15-20-16-35-23(30-20)12-5-17-3-8-19(9-4-17)25(26,27)28/h3-14,16,22H,2,15H2,1H3. The largest absolute Gasteiger partial charge is 0.487 e. The number of oxazole rings is 1. The maximum Gasteiger partial charge on any atom is 0.416 e. The molecule has 180 valence electrons. The Morgan fingerprint density at radius 1 is 1.11 bits per heavy atom. The van der Waals surface area contributed by atoms with Crippen molar-refractivity contribution in [3.63, 3.8) is 0 Å². The number of hydrogen-bond donors (Lipinski definition) is 0. The van der Waals surface area contributed by atoms with Crippen molar-refractivity contribution in [3.05, 3.63) is 95.5 Å². The lowest BCUT2D eigenvalue weighted by atomic mass is 10.0. The van der Waals surface area contributed by atoms with Crippen molar-refractivity contribution >= 4 is 17.9 Å². The minimum absolute atomic E-state index is 0.0643. The summed E-state index contributed by atoms with van der Waals surface area (Å²) in [6, 6.07) is 11.1. The summed E-state index contributed by atoms with van der Waals surface area (Å²) in [6.07, 6.45) is 4.02. The van der Waals surface area contributed by atoms with Gasteiger partial charge >= 0.3 is 6.18 Å². The van der Waals surface area contributed by atoms with Crippen molar-refractivity contribution in [2.24, 2.45) is 0 Å². The highest BCUT2D eigenvalue weighted by molar-refractivity contribution is 5.99. The number of ether oxygens (including phenoxy) is 1. The highest BCUT2D eigenvalue weighted by Crippen LogP contribution is 2.29. The van der Waals surface area contributed by atoms with Gasteiger partial charge in [-0.1, -0.05) is 24.3 Å². The van der Waals surface area contributed by atoms with E-state index in [0.29, 0.717) is 34.9 Å². The van der Waals surface area contributed by atoms with E-state index < -0.39 is 17.8 Å². The second kappa shape index (κ2) is 10.4. The number of Topliss-reactive ketones (excluding diaryl/α,β-unsaturated/α-hetero) is 1. The van der Waals surface area contributed by atoms with Crippen LogP contribution in [0.4, 0.5) is 13.2 Å². The fraction of sp³-hybridized carbons (Fsp3) is 0.200. The molecular weight excluding hydrogens is 461 g/mol. The molecule has 4 aromatic rings. The summed E-state index contributed by atoms with van der Waals surface area (Å²) < 4.78 is 50.6. The first-order valence-electron chi connectivity index (χ1n) is 10.8. The van der Waals surface area contributed by atoms with Crippen molar-refractivity contribution in [2.75, 3.05) is 0 Å². The first kappa shape index (κ1) is 23.9. The predicted molar refractivity (Wildman–Crippen MR) is 121 cm³/mol. The van der Waals surface area contributed by atoms with E-state index in [1.165, 1.54) is 24.6 Å². The van der Waals surface area contributed by atoms with Gasteiger partial charge in [-0.15, -0.1) is 5.10 Å². The molecule has 0 aliphatic heterocycles. The van der Waals surface area contributed by atoms with Crippen LogP contribution in [0, 0.1) is 0 Å². The zero-order valence-electron chi connectivity index (χ0n) is 18.6. The number of carbonyl (C=O) groups is 1. The summed E-state index contributed by atoms with van der Waals surface area (Å²) in [5.74, 6) is 0.786. The van der Waals surface area contributed by atoms with Crippen molar-refractivity contribution in [2.45, 2.75) is 32.2 Å². The van der Waals surface area contributed by atoms with Crippen molar-refractivity contribution < 1.29 is 27.1 Å². The molecule has 7 nitrogen and oxygen atoms in total. The molecule has 2 heterocycles. The minimum Gasteiger partial charge on any atom is -0.487 e. The van der Waals surface area contributed by atoms with Crippen molar-refractivity contribution in [3.8, 4) is 5.75 Å². The van der Waals surface area contributed by atoms with Gasteiger partial charge in [-0.25, -0.2) is 9.67 Å². The molecular formula is C25H21F3N4O3. The van der Waals surface area contributed by atoms with E-state index in [-0.39, 0.29) is 12.4 Å². The third-order valence-electron chi connectivity index (χ3n) is 5.20. The van der Waals surface area contributed by atoms with Gasteiger partial charge in [0.2, 0.25) is 5.89 Å². The van der Waals surface area contributed by atoms with E-state index in [1.807, 2.05) is 6.92 Å². The minimum atomic E-state index is -4.37. The fourth-order valence-corrected chi connectivity index (χ4v) is 3.36. The van der Waals surface area contributed by atoms with Crippen LogP contribution in [0.2, 0.25) is 0 Å². The molecule has 0 radical (unpaired) electrons. The monoisotopic (exact) mass is 482 g/mol. The molecule has 0 saturated carbocycles. The molecule has 2 aromatic carbocycles. The topological polar surface area (TPSA) is 83.0 Å². The maximum atomic E-state index is 12.8. The number of nitrogens with zero attached hydrogens (tertiary/aromatic N) is 4. The molecule has 4 rings (SSSR count). The van der Waals surface area contributed by atoms with Crippen LogP contribution in [0.3, 0.4) is 0 Å². The van der Waals surface area contributed by atoms with Crippen molar-refractivity contribution in [1.29, 1.82) is 0 Å². The van der Waals surface area contributed by atoms with Gasteiger partial charge in [-0.2, -0.15) is 13.2 Å². The van der Waals surface area contributed by atoms with E-state index in [4.69, 9.17) is 9.15 Å². The Morgan fingerprint density at radius 2 is 1.86 bits per heavy atom. The van der Waals surface area contributed by atoms with Gasteiger partial charge in [0.05, 0.1) is 11.8 Å². The lowest BCUT2D eigenvalue weighted by molar-refractivity contribution is -0.137. The van der Waals surface area contributed by atoms with Crippen LogP contribution >= 0.6 is 0 Å². The van der Waals surface area contributed by atoms with E-state index in [2.05, 4.69) is 15.3 Å². The Morgan fingerprint density at radius 3 is 2.49 bits per heavy atom. The summed E-state index contributed by atoms with van der Waals surface area (Å²) in [7, 11) is 0. The smallest absolute Gasteiger partial charge is 0.416 e. The van der Waals surface area contributed by atoms with Gasteiger partial charge in [-0.05, 0) is 54.5 Å². The number of carbonyl (C=O) groups excluding carboxylic acids is 1. The van der Waals surface area contributed by atoms with Gasteiger partial charge in [0, 0.05) is 17.8 Å². The Bertz CT molecular complexity index is 1280. The summed E-state index contributed by atoms with van der Waals surface area (Å²) in [5, 5.41) is 7.68. The summed E-state index contributed by atoms with van der Waals surface area (Å²) in [4.78, 5) is 17.1. The number of hydrogen-bond acceptors (Lipinski definition) is 6. The highest BCUT2D eigenvalue weighted by Gasteiger charge is 2.29. The van der Waals surface area contributed by atoms with Crippen LogP contribution in [-0.2, 0) is 12.8 Å². The number of rotatable bonds is 9. The third kappa shape index (κ3) is 6.03. The van der Waals surface area contributed by atoms with Crippen LogP contribution in [0.1, 0.15) is 52.5 Å². The Labute approximate surface area is 198 Å². The molecule has 10 heteroatoms. The maximum absolute atomic E-state index is 12.8. The number of benzene rings is 2. The molecule has 0 saturated heterocycles. The zero-order valence-corrected chi connectivity index (χ0v) is 18.6. The molecule has 35 heavy (non-hydrogen) atoms. The molecule has 2 aromatic heterocycles. The number of halogens is 3. The molecule has 0 amide bonds. The van der Waals surface area contributed by atoms with E-state index in [9.17, 15) is 18.0 Å². The second-order valence-corrected chi connectivity index (χ2v) is 7.61. The molecule has 1 atom stereocenters. The lowest BCUT2D eigenvalue weighted by Gasteiger charge is -2.14. The molecule has 0 aliphatic rings. The quantitative estimate of drug-likeness (QED) is 0.278.